The molecule has 0 aliphatic heterocycles. The first-order valence-electron chi connectivity index (χ1n) is 9.82. The zero-order chi connectivity index (χ0) is 22.0. The van der Waals surface area contributed by atoms with Crippen LogP contribution in [0.3, 0.4) is 0 Å². The maximum absolute atomic E-state index is 13.5. The van der Waals surface area contributed by atoms with Crippen LogP contribution < -0.4 is 0 Å². The van der Waals surface area contributed by atoms with E-state index < -0.39 is 0 Å². The molecule has 0 amide bonds. The van der Waals surface area contributed by atoms with Gasteiger partial charge in [0.25, 0.3) is 0 Å². The normalized spacial score (nSPS) is 12.5. The molecule has 4 aromatic rings. The molecule has 7 nitrogen and oxygen atoms in total. The van der Waals surface area contributed by atoms with Crippen molar-refractivity contribution in [2.75, 3.05) is 14.1 Å². The van der Waals surface area contributed by atoms with Crippen molar-refractivity contribution in [2.45, 2.75) is 30.8 Å². The van der Waals surface area contributed by atoms with Gasteiger partial charge in [-0.05, 0) is 52.2 Å². The highest BCUT2D eigenvalue weighted by molar-refractivity contribution is 7.98. The monoisotopic (exact) mass is 438 g/mol. The zero-order valence-corrected chi connectivity index (χ0v) is 18.6. The van der Waals surface area contributed by atoms with Crippen LogP contribution >= 0.6 is 11.8 Å². The molecule has 0 saturated heterocycles. The molecule has 0 bridgehead atoms. The van der Waals surface area contributed by atoms with Gasteiger partial charge in [-0.3, -0.25) is 9.47 Å². The first kappa shape index (κ1) is 21.2. The molecule has 0 radical (unpaired) electrons. The van der Waals surface area contributed by atoms with Crippen LogP contribution in [0.1, 0.15) is 30.2 Å². The van der Waals surface area contributed by atoms with E-state index in [0.717, 1.165) is 17.1 Å². The molecule has 0 aliphatic carbocycles. The Labute approximate surface area is 184 Å². The molecule has 2 aromatic heterocycles. The fraction of sp³-hybridized carbons (Fsp3) is 0.273. The molecule has 9 heteroatoms. The van der Waals surface area contributed by atoms with E-state index in [-0.39, 0.29) is 11.9 Å². The van der Waals surface area contributed by atoms with Crippen LogP contribution in [0.5, 0.6) is 0 Å². The number of nitrogens with zero attached hydrogens (tertiary/aromatic N) is 6. The zero-order valence-electron chi connectivity index (χ0n) is 17.8. The van der Waals surface area contributed by atoms with Gasteiger partial charge in [0.1, 0.15) is 5.82 Å². The minimum atomic E-state index is -0.289. The fourth-order valence-corrected chi connectivity index (χ4v) is 3.77. The molecule has 0 fully saturated rings. The molecule has 1 atom stereocenters. The summed E-state index contributed by atoms with van der Waals surface area (Å²) in [4.78, 5) is 6.54. The average Bonchev–Trinajstić information content (AvgIpc) is 3.40. The third-order valence-corrected chi connectivity index (χ3v) is 5.91. The Morgan fingerprint density at radius 1 is 1.06 bits per heavy atom. The topological polar surface area (TPSA) is 72.9 Å². The van der Waals surface area contributed by atoms with Gasteiger partial charge in [0.05, 0.1) is 11.8 Å². The molecule has 160 valence electrons. The SMILES string of the molecule is Cc1ccc(-c2noc(CSc3nnc([C@@H](C)N(C)C)n3-c3ccc(F)cc3)n2)cc1. The van der Waals surface area contributed by atoms with Crippen molar-refractivity contribution in [3.05, 3.63) is 71.6 Å². The molecule has 2 heterocycles. The van der Waals surface area contributed by atoms with Crippen LogP contribution in [0.15, 0.2) is 58.2 Å². The summed E-state index contributed by atoms with van der Waals surface area (Å²) in [7, 11) is 3.96. The third kappa shape index (κ3) is 4.67. The minimum Gasteiger partial charge on any atom is -0.338 e. The summed E-state index contributed by atoms with van der Waals surface area (Å²) < 4.78 is 20.8. The highest BCUT2D eigenvalue weighted by atomic mass is 32.2. The lowest BCUT2D eigenvalue weighted by Crippen LogP contribution is -2.20. The van der Waals surface area contributed by atoms with E-state index >= 15 is 0 Å². The Kier molecular flexibility index (Phi) is 6.15. The summed E-state index contributed by atoms with van der Waals surface area (Å²) in [5.41, 5.74) is 2.87. The van der Waals surface area contributed by atoms with E-state index in [1.165, 1.54) is 29.5 Å². The second kappa shape index (κ2) is 8.99. The predicted octanol–water partition coefficient (Wildman–Crippen LogP) is 4.68. The Hall–Kier alpha value is -3.04. The number of halogens is 1. The number of aryl methyl sites for hydroxylation is 1. The summed E-state index contributed by atoms with van der Waals surface area (Å²) in [6.07, 6.45) is 0. The van der Waals surface area contributed by atoms with Crippen LogP contribution in [0.4, 0.5) is 4.39 Å². The van der Waals surface area contributed by atoms with Gasteiger partial charge in [-0.25, -0.2) is 4.39 Å². The first-order valence-corrected chi connectivity index (χ1v) is 10.8. The summed E-state index contributed by atoms with van der Waals surface area (Å²) in [5, 5.41) is 13.5. The van der Waals surface area contributed by atoms with Crippen LogP contribution in [-0.2, 0) is 5.75 Å². The molecular weight excluding hydrogens is 415 g/mol. The number of benzene rings is 2. The Morgan fingerprint density at radius 3 is 2.45 bits per heavy atom. The Balaban J connectivity index is 1.59. The molecule has 0 unspecified atom stereocenters. The van der Waals surface area contributed by atoms with Crippen molar-refractivity contribution >= 4 is 11.8 Å². The lowest BCUT2D eigenvalue weighted by Gasteiger charge is -2.20. The van der Waals surface area contributed by atoms with Gasteiger partial charge in [-0.15, -0.1) is 10.2 Å². The molecule has 0 spiro atoms. The van der Waals surface area contributed by atoms with Crippen LogP contribution in [0, 0.1) is 12.7 Å². The quantitative estimate of drug-likeness (QED) is 0.388. The van der Waals surface area contributed by atoms with E-state index in [4.69, 9.17) is 4.52 Å². The highest BCUT2D eigenvalue weighted by Gasteiger charge is 2.21. The van der Waals surface area contributed by atoms with Gasteiger partial charge in [0, 0.05) is 11.3 Å². The maximum Gasteiger partial charge on any atom is 0.237 e. The summed E-state index contributed by atoms with van der Waals surface area (Å²) in [5.74, 6) is 1.97. The van der Waals surface area contributed by atoms with Gasteiger partial charge in [-0.1, -0.05) is 46.7 Å². The van der Waals surface area contributed by atoms with Crippen molar-refractivity contribution < 1.29 is 8.91 Å². The number of hydrogen-bond acceptors (Lipinski definition) is 7. The smallest absolute Gasteiger partial charge is 0.237 e. The Morgan fingerprint density at radius 2 is 1.77 bits per heavy atom. The van der Waals surface area contributed by atoms with Gasteiger partial charge in [0.15, 0.2) is 11.0 Å². The van der Waals surface area contributed by atoms with E-state index in [1.807, 2.05) is 61.7 Å². The third-order valence-electron chi connectivity index (χ3n) is 4.99. The summed E-state index contributed by atoms with van der Waals surface area (Å²) in [6, 6.07) is 14.3. The van der Waals surface area contributed by atoms with E-state index in [1.54, 1.807) is 12.1 Å². The van der Waals surface area contributed by atoms with Crippen molar-refractivity contribution in [2.24, 2.45) is 0 Å². The van der Waals surface area contributed by atoms with Crippen molar-refractivity contribution in [3.8, 4) is 17.1 Å². The summed E-state index contributed by atoms with van der Waals surface area (Å²) >= 11 is 1.44. The lowest BCUT2D eigenvalue weighted by atomic mass is 10.1. The van der Waals surface area contributed by atoms with Crippen LogP contribution in [0.2, 0.25) is 0 Å². The van der Waals surface area contributed by atoms with Gasteiger partial charge < -0.3 is 4.52 Å². The molecule has 4 rings (SSSR count). The van der Waals surface area contributed by atoms with Gasteiger partial charge in [-0.2, -0.15) is 4.98 Å². The van der Waals surface area contributed by atoms with Crippen molar-refractivity contribution in [1.82, 2.24) is 29.8 Å². The number of aromatic nitrogens is 5. The largest absolute Gasteiger partial charge is 0.338 e. The predicted molar refractivity (Wildman–Crippen MR) is 117 cm³/mol. The molecule has 0 N–H and O–H groups in total. The highest BCUT2D eigenvalue weighted by Crippen LogP contribution is 2.29. The molecular formula is C22H23FN6OS. The second-order valence-electron chi connectivity index (χ2n) is 7.46. The second-order valence-corrected chi connectivity index (χ2v) is 8.40. The first-order chi connectivity index (χ1) is 14.9. The molecule has 0 saturated carbocycles. The molecule has 0 aliphatic rings. The fourth-order valence-electron chi connectivity index (χ4n) is 2.97. The van der Waals surface area contributed by atoms with Gasteiger partial charge in [0.2, 0.25) is 11.7 Å². The number of rotatable bonds is 7. The van der Waals surface area contributed by atoms with E-state index in [9.17, 15) is 4.39 Å². The molecule has 2 aromatic carbocycles. The Bertz CT molecular complexity index is 1150. The standard InChI is InChI=1S/C22H23FN6OS/c1-14-5-7-16(8-6-14)20-24-19(30-27-20)13-31-22-26-25-21(15(2)28(3)4)29(22)18-11-9-17(23)10-12-18/h5-12,15H,13H2,1-4H3/t15-/m1/s1. The molecule has 31 heavy (non-hydrogen) atoms. The van der Waals surface area contributed by atoms with E-state index in [2.05, 4.69) is 20.3 Å². The summed E-state index contributed by atoms with van der Waals surface area (Å²) in [6.45, 7) is 4.08. The van der Waals surface area contributed by atoms with Crippen molar-refractivity contribution in [1.29, 1.82) is 0 Å². The van der Waals surface area contributed by atoms with Crippen LogP contribution in [-0.4, -0.2) is 43.9 Å². The lowest BCUT2D eigenvalue weighted by molar-refractivity contribution is 0.305. The minimum absolute atomic E-state index is 0.0171. The maximum atomic E-state index is 13.5. The van der Waals surface area contributed by atoms with Crippen LogP contribution in [0.25, 0.3) is 17.1 Å². The number of hydrogen-bond donors (Lipinski definition) is 0. The number of thioether (sulfide) groups is 1. The van der Waals surface area contributed by atoms with Gasteiger partial charge >= 0.3 is 0 Å². The average molecular weight is 439 g/mol. The van der Waals surface area contributed by atoms with E-state index in [0.29, 0.717) is 22.6 Å². The van der Waals surface area contributed by atoms with Crippen molar-refractivity contribution in [3.63, 3.8) is 0 Å².